The van der Waals surface area contributed by atoms with E-state index < -0.39 is 0 Å². The molecule has 76 valence electrons. The lowest BCUT2D eigenvalue weighted by Crippen LogP contribution is -2.12. The molecule has 0 radical (unpaired) electrons. The average Bonchev–Trinajstić information content (AvgIpc) is 2.33. The molecule has 0 saturated carbocycles. The molecule has 0 amide bonds. The topological polar surface area (TPSA) is 47.0 Å². The number of allylic oxidation sites excluding steroid dienone is 2. The minimum atomic E-state index is -0.159. The number of hydrogen-bond acceptors (Lipinski definition) is 3. The molecule has 0 N–H and O–H groups in total. The van der Waals surface area contributed by atoms with Gasteiger partial charge >= 0.3 is 0 Å². The Hall–Kier alpha value is -2.29. The Morgan fingerprint density at radius 2 is 1.69 bits per heavy atom. The zero-order valence-electron chi connectivity index (χ0n) is 8.31. The maximum atomic E-state index is 11.8. The zero-order chi connectivity index (χ0) is 11.1. The molecule has 3 heteroatoms. The van der Waals surface area contributed by atoms with Crippen LogP contribution in [0.5, 0.6) is 0 Å². The second-order valence-corrected chi connectivity index (χ2v) is 3.63. The van der Waals surface area contributed by atoms with Crippen LogP contribution in [-0.4, -0.2) is 16.6 Å². The highest BCUT2D eigenvalue weighted by Gasteiger charge is 2.21. The van der Waals surface area contributed by atoms with E-state index in [0.29, 0.717) is 11.1 Å². The predicted octanol–water partition coefficient (Wildman–Crippen LogP) is 2.17. The van der Waals surface area contributed by atoms with Gasteiger partial charge in [0.05, 0.1) is 11.1 Å². The Labute approximate surface area is 91.4 Å². The average molecular weight is 209 g/mol. The number of carbonyl (C=O) groups excluding carboxylic acids is 2. The Balaban J connectivity index is 2.48. The highest BCUT2D eigenvalue weighted by Crippen LogP contribution is 2.24. The van der Waals surface area contributed by atoms with Gasteiger partial charge in [-0.1, -0.05) is 18.2 Å². The highest BCUT2D eigenvalue weighted by molar-refractivity contribution is 6.26. The van der Waals surface area contributed by atoms with Gasteiger partial charge in [-0.05, 0) is 18.2 Å². The summed E-state index contributed by atoms with van der Waals surface area (Å²) in [7, 11) is 0. The van der Waals surface area contributed by atoms with Gasteiger partial charge in [0.15, 0.2) is 11.6 Å². The molecule has 1 heterocycles. The first kappa shape index (κ1) is 8.97. The van der Waals surface area contributed by atoms with Crippen molar-refractivity contribution >= 4 is 22.5 Å². The summed E-state index contributed by atoms with van der Waals surface area (Å²) in [4.78, 5) is 27.5. The number of ketones is 2. The largest absolute Gasteiger partial charge is 0.289 e. The molecule has 16 heavy (non-hydrogen) atoms. The summed E-state index contributed by atoms with van der Waals surface area (Å²) in [5.41, 5.74) is 1.60. The fourth-order valence-corrected chi connectivity index (χ4v) is 1.92. The maximum absolute atomic E-state index is 11.8. The number of fused-ring (bicyclic) bond motifs is 3. The molecule has 1 aromatic carbocycles. The first-order valence-corrected chi connectivity index (χ1v) is 4.92. The molecular formula is C13H7NO2. The third kappa shape index (κ3) is 1.11. The van der Waals surface area contributed by atoms with E-state index in [0.717, 1.165) is 10.9 Å². The molecule has 1 aromatic heterocycles. The standard InChI is InChI=1S/C13H7NO2/c15-11-5-6-12(16)13-8-3-1-2-4-10(8)14-7-9(11)13/h1-7H. The van der Waals surface area contributed by atoms with Crippen LogP contribution in [0.1, 0.15) is 20.7 Å². The van der Waals surface area contributed by atoms with Crippen molar-refractivity contribution in [2.45, 2.75) is 0 Å². The molecule has 0 unspecified atom stereocenters. The minimum absolute atomic E-state index is 0.131. The predicted molar refractivity (Wildman–Crippen MR) is 59.5 cm³/mol. The lowest BCUT2D eigenvalue weighted by molar-refractivity contribution is 0.0995. The second kappa shape index (κ2) is 3.10. The van der Waals surface area contributed by atoms with Gasteiger partial charge in [-0.2, -0.15) is 0 Å². The van der Waals surface area contributed by atoms with Crippen molar-refractivity contribution in [3.63, 3.8) is 0 Å². The zero-order valence-corrected chi connectivity index (χ0v) is 8.31. The molecule has 1 aliphatic rings. The van der Waals surface area contributed by atoms with Crippen LogP contribution in [0.4, 0.5) is 0 Å². The van der Waals surface area contributed by atoms with Crippen molar-refractivity contribution in [1.82, 2.24) is 4.98 Å². The number of benzene rings is 1. The van der Waals surface area contributed by atoms with Gasteiger partial charge in [-0.15, -0.1) is 0 Å². The second-order valence-electron chi connectivity index (χ2n) is 3.63. The first-order valence-electron chi connectivity index (χ1n) is 4.92. The van der Waals surface area contributed by atoms with Crippen LogP contribution in [0.15, 0.2) is 42.6 Å². The van der Waals surface area contributed by atoms with Gasteiger partial charge in [0, 0.05) is 17.1 Å². The minimum Gasteiger partial charge on any atom is -0.289 e. The van der Waals surface area contributed by atoms with Gasteiger partial charge in [0.25, 0.3) is 0 Å². The lowest BCUT2D eigenvalue weighted by atomic mass is 9.93. The lowest BCUT2D eigenvalue weighted by Gasteiger charge is -2.10. The number of nitrogens with zero attached hydrogens (tertiary/aromatic N) is 1. The normalized spacial score (nSPS) is 14.2. The van der Waals surface area contributed by atoms with E-state index in [-0.39, 0.29) is 11.6 Å². The van der Waals surface area contributed by atoms with E-state index in [4.69, 9.17) is 0 Å². The van der Waals surface area contributed by atoms with Crippen LogP contribution in [0.3, 0.4) is 0 Å². The van der Waals surface area contributed by atoms with E-state index in [2.05, 4.69) is 4.98 Å². The van der Waals surface area contributed by atoms with Crippen LogP contribution in [0.2, 0.25) is 0 Å². The summed E-state index contributed by atoms with van der Waals surface area (Å²) in [6, 6.07) is 7.32. The van der Waals surface area contributed by atoms with Crippen molar-refractivity contribution in [1.29, 1.82) is 0 Å². The number of aromatic nitrogens is 1. The molecule has 3 nitrogen and oxygen atoms in total. The fourth-order valence-electron chi connectivity index (χ4n) is 1.92. The third-order valence-corrected chi connectivity index (χ3v) is 2.67. The van der Waals surface area contributed by atoms with Crippen molar-refractivity contribution in [3.05, 3.63) is 53.7 Å². The Kier molecular flexibility index (Phi) is 1.74. The molecule has 3 rings (SSSR count). The summed E-state index contributed by atoms with van der Waals surface area (Å²) in [6.45, 7) is 0. The Morgan fingerprint density at radius 3 is 2.56 bits per heavy atom. The smallest absolute Gasteiger partial charge is 0.188 e. The Bertz CT molecular complexity index is 656. The summed E-state index contributed by atoms with van der Waals surface area (Å²) in [5.74, 6) is -0.291. The van der Waals surface area contributed by atoms with Crippen LogP contribution in [0, 0.1) is 0 Å². The van der Waals surface area contributed by atoms with Gasteiger partial charge in [0.2, 0.25) is 0 Å². The highest BCUT2D eigenvalue weighted by atomic mass is 16.1. The van der Waals surface area contributed by atoms with Crippen LogP contribution in [0.25, 0.3) is 10.9 Å². The van der Waals surface area contributed by atoms with E-state index in [1.165, 1.54) is 18.3 Å². The summed E-state index contributed by atoms with van der Waals surface area (Å²) >= 11 is 0. The van der Waals surface area contributed by atoms with Crippen molar-refractivity contribution < 1.29 is 9.59 Å². The Morgan fingerprint density at radius 1 is 0.938 bits per heavy atom. The number of hydrogen-bond donors (Lipinski definition) is 0. The molecule has 0 aliphatic heterocycles. The van der Waals surface area contributed by atoms with E-state index in [1.807, 2.05) is 24.3 Å². The number of carbonyl (C=O) groups is 2. The van der Waals surface area contributed by atoms with Crippen molar-refractivity contribution in [2.24, 2.45) is 0 Å². The summed E-state index contributed by atoms with van der Waals surface area (Å²) < 4.78 is 0. The van der Waals surface area contributed by atoms with Gasteiger partial charge in [0.1, 0.15) is 0 Å². The molecule has 0 fully saturated rings. The fraction of sp³-hybridized carbons (Fsp3) is 0. The molecule has 0 spiro atoms. The van der Waals surface area contributed by atoms with Crippen LogP contribution < -0.4 is 0 Å². The number of rotatable bonds is 0. The molecule has 0 atom stereocenters. The van der Waals surface area contributed by atoms with Gasteiger partial charge in [-0.25, -0.2) is 0 Å². The number of para-hydroxylation sites is 1. The first-order chi connectivity index (χ1) is 7.77. The van der Waals surface area contributed by atoms with Gasteiger partial charge in [-0.3, -0.25) is 14.6 Å². The summed E-state index contributed by atoms with van der Waals surface area (Å²) in [5, 5.41) is 0.739. The van der Waals surface area contributed by atoms with Crippen LogP contribution in [-0.2, 0) is 0 Å². The van der Waals surface area contributed by atoms with Gasteiger partial charge < -0.3 is 0 Å². The van der Waals surface area contributed by atoms with Crippen LogP contribution >= 0.6 is 0 Å². The molecule has 0 bridgehead atoms. The third-order valence-electron chi connectivity index (χ3n) is 2.67. The summed E-state index contributed by atoms with van der Waals surface area (Å²) in [6.07, 6.45) is 4.08. The number of pyridine rings is 1. The maximum Gasteiger partial charge on any atom is 0.188 e. The van der Waals surface area contributed by atoms with E-state index in [9.17, 15) is 9.59 Å². The molecular weight excluding hydrogens is 202 g/mol. The molecule has 0 saturated heterocycles. The van der Waals surface area contributed by atoms with E-state index in [1.54, 1.807) is 0 Å². The van der Waals surface area contributed by atoms with Crippen molar-refractivity contribution in [2.75, 3.05) is 0 Å². The molecule has 2 aromatic rings. The monoisotopic (exact) mass is 209 g/mol. The quantitative estimate of drug-likeness (QED) is 0.668. The van der Waals surface area contributed by atoms with Crippen molar-refractivity contribution in [3.8, 4) is 0 Å². The van der Waals surface area contributed by atoms with E-state index >= 15 is 0 Å². The SMILES string of the molecule is O=C1C=CC(=O)c2c1cnc1ccccc21. The molecule has 1 aliphatic carbocycles.